The van der Waals surface area contributed by atoms with Crippen LogP contribution in [0.2, 0.25) is 0 Å². The Morgan fingerprint density at radius 1 is 1.17 bits per heavy atom. The van der Waals surface area contributed by atoms with Gasteiger partial charge in [-0.25, -0.2) is 5.43 Å². The Morgan fingerprint density at radius 2 is 1.79 bits per heavy atom. The molecule has 2 aromatic rings. The van der Waals surface area contributed by atoms with Gasteiger partial charge in [0.25, 0.3) is 5.91 Å². The number of phenolic OH excluding ortho intramolecular Hbond substituents is 1. The SMILES string of the molecule is COc1cc(C=NNC(=O)COc2ccccc2)cc(OC)c1O. The average molecular weight is 330 g/mol. The van der Waals surface area contributed by atoms with Gasteiger partial charge in [-0.2, -0.15) is 5.10 Å². The molecule has 0 saturated heterocycles. The van der Waals surface area contributed by atoms with E-state index in [2.05, 4.69) is 10.5 Å². The number of aromatic hydroxyl groups is 1. The van der Waals surface area contributed by atoms with Gasteiger partial charge >= 0.3 is 0 Å². The predicted molar refractivity (Wildman–Crippen MR) is 88.9 cm³/mol. The molecule has 2 rings (SSSR count). The summed E-state index contributed by atoms with van der Waals surface area (Å²) in [5.74, 6) is 0.596. The summed E-state index contributed by atoms with van der Waals surface area (Å²) in [4.78, 5) is 11.7. The van der Waals surface area contributed by atoms with Crippen LogP contribution >= 0.6 is 0 Å². The number of rotatable bonds is 7. The lowest BCUT2D eigenvalue weighted by molar-refractivity contribution is -0.123. The molecule has 0 atom stereocenters. The van der Waals surface area contributed by atoms with Gasteiger partial charge in [0.05, 0.1) is 20.4 Å². The normalized spacial score (nSPS) is 10.4. The van der Waals surface area contributed by atoms with Crippen molar-refractivity contribution < 1.29 is 24.1 Å². The lowest BCUT2D eigenvalue weighted by Crippen LogP contribution is -2.24. The summed E-state index contributed by atoms with van der Waals surface area (Å²) in [6.45, 7) is -0.149. The summed E-state index contributed by atoms with van der Waals surface area (Å²) >= 11 is 0. The first kappa shape index (κ1) is 17.1. The van der Waals surface area contributed by atoms with Crippen LogP contribution in [0.3, 0.4) is 0 Å². The van der Waals surface area contributed by atoms with E-state index in [0.717, 1.165) is 0 Å². The molecule has 2 N–H and O–H groups in total. The largest absolute Gasteiger partial charge is 0.502 e. The van der Waals surface area contributed by atoms with Gasteiger partial charge in [0.15, 0.2) is 18.1 Å². The van der Waals surface area contributed by atoms with E-state index in [0.29, 0.717) is 11.3 Å². The summed E-state index contributed by atoms with van der Waals surface area (Å²) < 4.78 is 15.4. The maximum Gasteiger partial charge on any atom is 0.277 e. The molecule has 0 aliphatic rings. The number of amides is 1. The molecular formula is C17H18N2O5. The smallest absolute Gasteiger partial charge is 0.277 e. The predicted octanol–water partition coefficient (Wildman–Crippen LogP) is 1.94. The third-order valence-corrected chi connectivity index (χ3v) is 3.02. The Balaban J connectivity index is 1.92. The first-order valence-electron chi connectivity index (χ1n) is 7.08. The summed E-state index contributed by atoms with van der Waals surface area (Å²) in [5.41, 5.74) is 2.94. The number of carbonyl (C=O) groups excluding carboxylic acids is 1. The summed E-state index contributed by atoms with van der Waals surface area (Å²) in [6, 6.07) is 12.1. The van der Waals surface area contributed by atoms with E-state index in [1.807, 2.05) is 18.2 Å². The zero-order chi connectivity index (χ0) is 17.4. The van der Waals surface area contributed by atoms with Crippen LogP contribution in [0.4, 0.5) is 0 Å². The zero-order valence-corrected chi connectivity index (χ0v) is 13.4. The fourth-order valence-electron chi connectivity index (χ4n) is 1.86. The van der Waals surface area contributed by atoms with E-state index in [-0.39, 0.29) is 23.9 Å². The number of carbonyl (C=O) groups is 1. The number of nitrogens with zero attached hydrogens (tertiary/aromatic N) is 1. The number of ether oxygens (including phenoxy) is 3. The lowest BCUT2D eigenvalue weighted by Gasteiger charge is -2.09. The van der Waals surface area contributed by atoms with Crippen LogP contribution in [-0.2, 0) is 4.79 Å². The minimum atomic E-state index is -0.396. The highest BCUT2D eigenvalue weighted by Crippen LogP contribution is 2.36. The molecule has 0 fully saturated rings. The van der Waals surface area contributed by atoms with Crippen LogP contribution in [0.5, 0.6) is 23.0 Å². The summed E-state index contributed by atoms with van der Waals surface area (Å²) in [7, 11) is 2.86. The quantitative estimate of drug-likeness (QED) is 0.598. The molecule has 7 nitrogen and oxygen atoms in total. The minimum Gasteiger partial charge on any atom is -0.502 e. The summed E-state index contributed by atoms with van der Waals surface area (Å²) in [6.07, 6.45) is 1.41. The van der Waals surface area contributed by atoms with E-state index >= 15 is 0 Å². The Bertz CT molecular complexity index is 691. The number of para-hydroxylation sites is 1. The highest BCUT2D eigenvalue weighted by Gasteiger charge is 2.10. The molecule has 0 aliphatic heterocycles. The third-order valence-electron chi connectivity index (χ3n) is 3.02. The lowest BCUT2D eigenvalue weighted by atomic mass is 10.2. The van der Waals surface area contributed by atoms with Crippen molar-refractivity contribution in [1.82, 2.24) is 5.43 Å². The fourth-order valence-corrected chi connectivity index (χ4v) is 1.86. The molecule has 0 aliphatic carbocycles. The van der Waals surface area contributed by atoms with Gasteiger partial charge in [0, 0.05) is 5.56 Å². The molecule has 24 heavy (non-hydrogen) atoms. The number of hydrogen-bond donors (Lipinski definition) is 2. The maximum absolute atomic E-state index is 11.7. The zero-order valence-electron chi connectivity index (χ0n) is 13.4. The van der Waals surface area contributed by atoms with Gasteiger partial charge in [-0.3, -0.25) is 4.79 Å². The van der Waals surface area contributed by atoms with Crippen LogP contribution in [0.15, 0.2) is 47.6 Å². The number of nitrogens with one attached hydrogen (secondary N) is 1. The molecule has 0 unspecified atom stereocenters. The number of hydrazone groups is 1. The fraction of sp³-hybridized carbons (Fsp3) is 0.176. The van der Waals surface area contributed by atoms with Crippen molar-refractivity contribution in [3.63, 3.8) is 0 Å². The number of phenols is 1. The molecule has 0 aromatic heterocycles. The molecule has 0 spiro atoms. The number of benzene rings is 2. The standard InChI is InChI=1S/C17H18N2O5/c1-22-14-8-12(9-15(23-2)17(14)21)10-18-19-16(20)11-24-13-6-4-3-5-7-13/h3-10,21H,11H2,1-2H3,(H,19,20). The molecule has 0 radical (unpaired) electrons. The van der Waals surface area contributed by atoms with Crippen molar-refractivity contribution in [3.8, 4) is 23.0 Å². The summed E-state index contributed by atoms with van der Waals surface area (Å²) in [5, 5.41) is 13.7. The Kier molecular flexibility index (Phi) is 6.01. The van der Waals surface area contributed by atoms with E-state index in [1.165, 1.54) is 20.4 Å². The van der Waals surface area contributed by atoms with Gasteiger partial charge in [-0.15, -0.1) is 0 Å². The Hall–Kier alpha value is -3.22. The van der Waals surface area contributed by atoms with Crippen LogP contribution in [0.25, 0.3) is 0 Å². The van der Waals surface area contributed by atoms with E-state index < -0.39 is 5.91 Å². The second kappa shape index (κ2) is 8.42. The second-order valence-corrected chi connectivity index (χ2v) is 4.67. The van der Waals surface area contributed by atoms with E-state index in [9.17, 15) is 9.90 Å². The Morgan fingerprint density at radius 3 is 2.38 bits per heavy atom. The van der Waals surface area contributed by atoms with Crippen LogP contribution < -0.4 is 19.6 Å². The third kappa shape index (κ3) is 4.64. The molecule has 1 amide bonds. The van der Waals surface area contributed by atoms with Crippen molar-refractivity contribution in [2.75, 3.05) is 20.8 Å². The molecule has 2 aromatic carbocycles. The molecule has 7 heteroatoms. The molecule has 0 saturated carbocycles. The maximum atomic E-state index is 11.7. The molecular weight excluding hydrogens is 312 g/mol. The van der Waals surface area contributed by atoms with E-state index in [4.69, 9.17) is 14.2 Å². The topological polar surface area (TPSA) is 89.4 Å². The Labute approximate surface area is 139 Å². The first-order chi connectivity index (χ1) is 11.6. The van der Waals surface area contributed by atoms with Crippen molar-refractivity contribution in [2.45, 2.75) is 0 Å². The van der Waals surface area contributed by atoms with Gasteiger partial charge in [-0.05, 0) is 24.3 Å². The minimum absolute atomic E-state index is 0.0996. The van der Waals surface area contributed by atoms with Crippen molar-refractivity contribution in [1.29, 1.82) is 0 Å². The van der Waals surface area contributed by atoms with Crippen molar-refractivity contribution in [2.24, 2.45) is 5.10 Å². The molecule has 0 bridgehead atoms. The van der Waals surface area contributed by atoms with Gasteiger partial charge in [0.2, 0.25) is 5.75 Å². The van der Waals surface area contributed by atoms with E-state index in [1.54, 1.807) is 24.3 Å². The number of hydrogen-bond acceptors (Lipinski definition) is 6. The molecule has 126 valence electrons. The van der Waals surface area contributed by atoms with Gasteiger partial charge < -0.3 is 19.3 Å². The molecule has 0 heterocycles. The highest BCUT2D eigenvalue weighted by molar-refractivity contribution is 5.84. The number of methoxy groups -OCH3 is 2. The van der Waals surface area contributed by atoms with Gasteiger partial charge in [-0.1, -0.05) is 18.2 Å². The first-order valence-corrected chi connectivity index (χ1v) is 7.08. The highest BCUT2D eigenvalue weighted by atomic mass is 16.5. The van der Waals surface area contributed by atoms with Gasteiger partial charge in [0.1, 0.15) is 5.75 Å². The van der Waals surface area contributed by atoms with Crippen molar-refractivity contribution in [3.05, 3.63) is 48.0 Å². The van der Waals surface area contributed by atoms with Crippen LogP contribution in [0.1, 0.15) is 5.56 Å². The van der Waals surface area contributed by atoms with Crippen LogP contribution in [-0.4, -0.2) is 38.1 Å². The second-order valence-electron chi connectivity index (χ2n) is 4.67. The van der Waals surface area contributed by atoms with Crippen molar-refractivity contribution >= 4 is 12.1 Å². The average Bonchev–Trinajstić information content (AvgIpc) is 2.62. The monoisotopic (exact) mass is 330 g/mol. The van der Waals surface area contributed by atoms with Crippen LogP contribution in [0, 0.1) is 0 Å².